The first-order chi connectivity index (χ1) is 10.1. The van der Waals surface area contributed by atoms with E-state index in [1.54, 1.807) is 24.3 Å². The number of primary amides is 1. The molecule has 110 valence electrons. The normalized spacial score (nSPS) is 12.1. The van der Waals surface area contributed by atoms with Crippen LogP contribution in [0.15, 0.2) is 48.5 Å². The average molecular weight is 286 g/mol. The Labute approximate surface area is 124 Å². The fourth-order valence-electron chi connectivity index (χ4n) is 2.27. The molecule has 0 radical (unpaired) electrons. The summed E-state index contributed by atoms with van der Waals surface area (Å²) >= 11 is 0. The van der Waals surface area contributed by atoms with Gasteiger partial charge in [-0.05, 0) is 41.8 Å². The first kappa shape index (κ1) is 15.2. The topological polar surface area (TPSA) is 55.1 Å². The third-order valence-corrected chi connectivity index (χ3v) is 3.44. The molecule has 3 N–H and O–H groups in total. The Bertz CT molecular complexity index is 610. The van der Waals surface area contributed by atoms with Gasteiger partial charge in [-0.3, -0.25) is 4.79 Å². The van der Waals surface area contributed by atoms with E-state index in [0.717, 1.165) is 17.5 Å². The zero-order valence-electron chi connectivity index (χ0n) is 12.0. The molecule has 0 saturated heterocycles. The van der Waals surface area contributed by atoms with Crippen LogP contribution in [0.4, 0.5) is 4.39 Å². The zero-order valence-corrected chi connectivity index (χ0v) is 12.0. The minimum absolute atomic E-state index is 0.142. The van der Waals surface area contributed by atoms with Crippen LogP contribution in [0.1, 0.15) is 40.9 Å². The lowest BCUT2D eigenvalue weighted by atomic mass is 10.0. The molecule has 4 heteroatoms. The number of carbonyl (C=O) groups excluding carboxylic acids is 1. The van der Waals surface area contributed by atoms with Crippen LogP contribution in [0, 0.1) is 5.82 Å². The molecule has 0 fully saturated rings. The maximum atomic E-state index is 13.0. The highest BCUT2D eigenvalue weighted by molar-refractivity contribution is 5.92. The van der Waals surface area contributed by atoms with Gasteiger partial charge in [-0.15, -0.1) is 0 Å². The first-order valence-electron chi connectivity index (χ1n) is 6.97. The second-order valence-corrected chi connectivity index (χ2v) is 4.96. The fraction of sp³-hybridized carbons (Fsp3) is 0.235. The highest BCUT2D eigenvalue weighted by Crippen LogP contribution is 2.18. The summed E-state index contributed by atoms with van der Waals surface area (Å²) < 4.78 is 13.0. The van der Waals surface area contributed by atoms with Crippen molar-refractivity contribution in [2.75, 3.05) is 0 Å². The van der Waals surface area contributed by atoms with E-state index in [2.05, 4.69) is 12.2 Å². The third kappa shape index (κ3) is 4.13. The van der Waals surface area contributed by atoms with Crippen molar-refractivity contribution in [1.82, 2.24) is 5.32 Å². The number of nitrogens with one attached hydrogen (secondary N) is 1. The predicted octanol–water partition coefficient (Wildman–Crippen LogP) is 3.17. The van der Waals surface area contributed by atoms with Crippen molar-refractivity contribution < 1.29 is 9.18 Å². The first-order valence-corrected chi connectivity index (χ1v) is 6.97. The lowest BCUT2D eigenvalue weighted by Gasteiger charge is -2.17. The van der Waals surface area contributed by atoms with Gasteiger partial charge in [-0.25, -0.2) is 4.39 Å². The van der Waals surface area contributed by atoms with Gasteiger partial charge < -0.3 is 11.1 Å². The molecule has 0 aliphatic heterocycles. The summed E-state index contributed by atoms with van der Waals surface area (Å²) in [4.78, 5) is 11.2. The molecule has 0 saturated carbocycles. The standard InChI is InChI=1S/C17H19FN2O/c1-2-16(13-6-8-15(18)9-7-13)20-11-12-4-3-5-14(10-12)17(19)21/h3-10,16,20H,2,11H2,1H3,(H2,19,21). The van der Waals surface area contributed by atoms with Crippen molar-refractivity contribution in [3.8, 4) is 0 Å². The van der Waals surface area contributed by atoms with Crippen LogP contribution >= 0.6 is 0 Å². The van der Waals surface area contributed by atoms with E-state index < -0.39 is 5.91 Å². The lowest BCUT2D eigenvalue weighted by molar-refractivity contribution is 0.1000. The minimum atomic E-state index is -0.428. The molecule has 2 aromatic carbocycles. The van der Waals surface area contributed by atoms with Crippen molar-refractivity contribution in [1.29, 1.82) is 0 Å². The van der Waals surface area contributed by atoms with E-state index in [-0.39, 0.29) is 11.9 Å². The van der Waals surface area contributed by atoms with E-state index >= 15 is 0 Å². The zero-order chi connectivity index (χ0) is 15.2. The van der Waals surface area contributed by atoms with Crippen molar-refractivity contribution in [3.63, 3.8) is 0 Å². The van der Waals surface area contributed by atoms with Gasteiger partial charge in [0.1, 0.15) is 5.82 Å². The second-order valence-electron chi connectivity index (χ2n) is 4.96. The summed E-state index contributed by atoms with van der Waals surface area (Å²) in [7, 11) is 0. The molecule has 21 heavy (non-hydrogen) atoms. The molecule has 1 atom stereocenters. The van der Waals surface area contributed by atoms with E-state index in [9.17, 15) is 9.18 Å². The highest BCUT2D eigenvalue weighted by Gasteiger charge is 2.09. The Balaban J connectivity index is 2.04. The number of halogens is 1. The second kappa shape index (κ2) is 6.99. The van der Waals surface area contributed by atoms with Crippen LogP contribution in [0.25, 0.3) is 0 Å². The SMILES string of the molecule is CCC(NCc1cccc(C(N)=O)c1)c1ccc(F)cc1. The monoisotopic (exact) mass is 286 g/mol. The molecule has 0 aliphatic rings. The van der Waals surface area contributed by atoms with Crippen molar-refractivity contribution in [2.45, 2.75) is 25.9 Å². The third-order valence-electron chi connectivity index (χ3n) is 3.44. The Morgan fingerprint density at radius 2 is 1.95 bits per heavy atom. The number of hydrogen-bond acceptors (Lipinski definition) is 2. The van der Waals surface area contributed by atoms with Gasteiger partial charge in [0.15, 0.2) is 0 Å². The van der Waals surface area contributed by atoms with Crippen molar-refractivity contribution in [3.05, 3.63) is 71.0 Å². The largest absolute Gasteiger partial charge is 0.366 e. The van der Waals surface area contributed by atoms with E-state index in [1.165, 1.54) is 12.1 Å². The van der Waals surface area contributed by atoms with Crippen LogP contribution in [0.3, 0.4) is 0 Å². The van der Waals surface area contributed by atoms with Gasteiger partial charge in [0.05, 0.1) is 0 Å². The minimum Gasteiger partial charge on any atom is -0.366 e. The van der Waals surface area contributed by atoms with Crippen molar-refractivity contribution >= 4 is 5.91 Å². The number of hydrogen-bond donors (Lipinski definition) is 2. The molecule has 3 nitrogen and oxygen atoms in total. The smallest absolute Gasteiger partial charge is 0.248 e. The molecular weight excluding hydrogens is 267 g/mol. The average Bonchev–Trinajstić information content (AvgIpc) is 2.50. The van der Waals surface area contributed by atoms with Gasteiger partial charge in [0, 0.05) is 18.2 Å². The van der Waals surface area contributed by atoms with Gasteiger partial charge in [0.2, 0.25) is 5.91 Å². The number of benzene rings is 2. The van der Waals surface area contributed by atoms with Crippen molar-refractivity contribution in [2.24, 2.45) is 5.73 Å². The van der Waals surface area contributed by atoms with E-state index in [4.69, 9.17) is 5.73 Å². The summed E-state index contributed by atoms with van der Waals surface area (Å²) in [6.07, 6.45) is 0.890. The quantitative estimate of drug-likeness (QED) is 0.857. The number of amides is 1. The number of nitrogens with two attached hydrogens (primary N) is 1. The molecule has 0 aliphatic carbocycles. The summed E-state index contributed by atoms with van der Waals surface area (Å²) in [6, 6.07) is 13.9. The van der Waals surface area contributed by atoms with E-state index in [0.29, 0.717) is 12.1 Å². The molecule has 0 aromatic heterocycles. The maximum Gasteiger partial charge on any atom is 0.248 e. The molecule has 2 aromatic rings. The van der Waals surface area contributed by atoms with E-state index in [1.807, 2.05) is 12.1 Å². The number of rotatable bonds is 6. The fourth-order valence-corrected chi connectivity index (χ4v) is 2.27. The summed E-state index contributed by atoms with van der Waals surface area (Å²) in [5.41, 5.74) is 7.82. The van der Waals surface area contributed by atoms with Crippen LogP contribution < -0.4 is 11.1 Å². The molecular formula is C17H19FN2O. The van der Waals surface area contributed by atoms with Gasteiger partial charge >= 0.3 is 0 Å². The van der Waals surface area contributed by atoms with Gasteiger partial charge in [-0.2, -0.15) is 0 Å². The predicted molar refractivity (Wildman–Crippen MR) is 81.2 cm³/mol. The Kier molecular flexibility index (Phi) is 5.06. The lowest BCUT2D eigenvalue weighted by Crippen LogP contribution is -2.20. The van der Waals surface area contributed by atoms with Crippen LogP contribution in [-0.4, -0.2) is 5.91 Å². The highest BCUT2D eigenvalue weighted by atomic mass is 19.1. The van der Waals surface area contributed by atoms with Crippen LogP contribution in [-0.2, 0) is 6.54 Å². The van der Waals surface area contributed by atoms with Gasteiger partial charge in [-0.1, -0.05) is 31.2 Å². The number of carbonyl (C=O) groups is 1. The maximum absolute atomic E-state index is 13.0. The molecule has 1 unspecified atom stereocenters. The van der Waals surface area contributed by atoms with Crippen LogP contribution in [0.2, 0.25) is 0 Å². The molecule has 0 bridgehead atoms. The summed E-state index contributed by atoms with van der Waals surface area (Å²) in [5, 5.41) is 3.41. The van der Waals surface area contributed by atoms with Crippen LogP contribution in [0.5, 0.6) is 0 Å². The molecule has 1 amide bonds. The van der Waals surface area contributed by atoms with Gasteiger partial charge in [0.25, 0.3) is 0 Å². The Hall–Kier alpha value is -2.20. The Morgan fingerprint density at radius 1 is 1.24 bits per heavy atom. The summed E-state index contributed by atoms with van der Waals surface area (Å²) in [5.74, 6) is -0.662. The molecule has 0 heterocycles. The summed E-state index contributed by atoms with van der Waals surface area (Å²) in [6.45, 7) is 2.69. The molecule has 2 rings (SSSR count). The molecule has 0 spiro atoms. The Morgan fingerprint density at radius 3 is 2.57 bits per heavy atom.